The Bertz CT molecular complexity index is 1010. The Morgan fingerprint density at radius 3 is 2.53 bits per heavy atom. The van der Waals surface area contributed by atoms with E-state index in [2.05, 4.69) is 20.7 Å². The van der Waals surface area contributed by atoms with Gasteiger partial charge < -0.3 is 35.4 Å². The molecule has 0 aliphatic carbocycles. The zero-order valence-electron chi connectivity index (χ0n) is 18.8. The van der Waals surface area contributed by atoms with Crippen molar-refractivity contribution in [2.75, 3.05) is 20.2 Å². The van der Waals surface area contributed by atoms with Gasteiger partial charge in [-0.2, -0.15) is 0 Å². The largest absolute Gasteiger partial charge is 0.573 e. The van der Waals surface area contributed by atoms with Gasteiger partial charge in [-0.25, -0.2) is 0 Å². The first kappa shape index (κ1) is 25.0. The third-order valence-corrected chi connectivity index (χ3v) is 4.92. The number of aliphatic hydroxyl groups is 1. The van der Waals surface area contributed by atoms with Crippen LogP contribution in [0.3, 0.4) is 0 Å². The van der Waals surface area contributed by atoms with Crippen LogP contribution in [0.5, 0.6) is 11.5 Å². The van der Waals surface area contributed by atoms with Crippen LogP contribution < -0.4 is 25.4 Å². The lowest BCUT2D eigenvalue weighted by molar-refractivity contribution is -0.274. The molecule has 8 nitrogen and oxygen atoms in total. The van der Waals surface area contributed by atoms with E-state index in [1.54, 1.807) is 11.9 Å². The van der Waals surface area contributed by atoms with Gasteiger partial charge in [0.1, 0.15) is 23.0 Å². The van der Waals surface area contributed by atoms with Crippen molar-refractivity contribution in [1.82, 2.24) is 20.9 Å². The van der Waals surface area contributed by atoms with Crippen LogP contribution >= 0.6 is 0 Å². The summed E-state index contributed by atoms with van der Waals surface area (Å²) in [6.07, 6.45) is -5.34. The second kappa shape index (κ2) is 11.0. The molecule has 0 saturated heterocycles. The fourth-order valence-electron chi connectivity index (χ4n) is 3.35. The van der Waals surface area contributed by atoms with Gasteiger partial charge in [-0.15, -0.1) is 13.2 Å². The van der Waals surface area contributed by atoms with E-state index in [0.717, 1.165) is 17.2 Å². The molecule has 1 aliphatic rings. The topological polar surface area (TPSA) is 95.1 Å². The number of halogens is 3. The lowest BCUT2D eigenvalue weighted by Gasteiger charge is -2.28. The summed E-state index contributed by atoms with van der Waals surface area (Å²) in [5.41, 5.74) is 2.24. The summed E-state index contributed by atoms with van der Waals surface area (Å²) < 4.78 is 47.8. The fraction of sp³-hybridized carbons (Fsp3) is 0.348. The number of aryl methyl sites for hydroxylation is 1. The number of rotatable bonds is 10. The quantitative estimate of drug-likeness (QED) is 0.388. The third kappa shape index (κ3) is 6.70. The molecule has 0 bridgehead atoms. The van der Waals surface area contributed by atoms with E-state index >= 15 is 0 Å². The highest BCUT2D eigenvalue weighted by Gasteiger charge is 2.37. The Labute approximate surface area is 195 Å². The highest BCUT2D eigenvalue weighted by atomic mass is 19.4. The molecule has 4 N–H and O–H groups in total. The van der Waals surface area contributed by atoms with Gasteiger partial charge in [0.15, 0.2) is 0 Å². The molecule has 0 saturated carbocycles. The first-order valence-electron chi connectivity index (χ1n) is 10.6. The van der Waals surface area contributed by atoms with Crippen LogP contribution in [-0.4, -0.2) is 48.8 Å². The molecule has 11 heteroatoms. The highest BCUT2D eigenvalue weighted by molar-refractivity contribution is 5.94. The van der Waals surface area contributed by atoms with E-state index in [-0.39, 0.29) is 31.1 Å². The van der Waals surface area contributed by atoms with Crippen LogP contribution in [0, 0.1) is 6.92 Å². The first-order valence-corrected chi connectivity index (χ1v) is 10.6. The van der Waals surface area contributed by atoms with Gasteiger partial charge in [0.05, 0.1) is 0 Å². The monoisotopic (exact) mass is 480 g/mol. The maximum atomic E-state index is 13.0. The number of hydrogen-bond donors (Lipinski definition) is 4. The standard InChI is InChI=1S/C23H27F3N4O4/c1-15-7-9-16(10-8-15)14-30-19(21(32)28-11-4-12-31)20(27-2)29-22(30)33-17-5-3-6-18(13-17)34-23(24,25)26/h3,5-10,13,22,27,29,31H,4,11-12,14H2,1-2H3,(H,28,32). The lowest BCUT2D eigenvalue weighted by Crippen LogP contribution is -2.44. The molecule has 34 heavy (non-hydrogen) atoms. The summed E-state index contributed by atoms with van der Waals surface area (Å²) in [5.74, 6) is -0.304. The molecule has 3 rings (SSSR count). The SMILES string of the molecule is CNC1=C(C(=O)NCCCO)N(Cc2ccc(C)cc2)C(Oc2cccc(OC(F)(F)F)c2)N1. The summed E-state index contributed by atoms with van der Waals surface area (Å²) >= 11 is 0. The summed E-state index contributed by atoms with van der Waals surface area (Å²) in [7, 11) is 1.63. The zero-order chi connectivity index (χ0) is 24.7. The van der Waals surface area contributed by atoms with Crippen LogP contribution in [0.4, 0.5) is 13.2 Å². The van der Waals surface area contributed by atoms with Crippen LogP contribution in [0.2, 0.25) is 0 Å². The summed E-state index contributed by atoms with van der Waals surface area (Å²) in [4.78, 5) is 14.6. The molecule has 2 aromatic rings. The average Bonchev–Trinajstić information content (AvgIpc) is 3.11. The van der Waals surface area contributed by atoms with Gasteiger partial charge in [0, 0.05) is 32.8 Å². The third-order valence-electron chi connectivity index (χ3n) is 4.92. The number of benzene rings is 2. The second-order valence-electron chi connectivity index (χ2n) is 7.56. The minimum atomic E-state index is -4.83. The number of hydrogen-bond acceptors (Lipinski definition) is 7. The highest BCUT2D eigenvalue weighted by Crippen LogP contribution is 2.29. The molecule has 2 aromatic carbocycles. The van der Waals surface area contributed by atoms with E-state index in [9.17, 15) is 18.0 Å². The van der Waals surface area contributed by atoms with Crippen molar-refractivity contribution in [2.45, 2.75) is 32.6 Å². The van der Waals surface area contributed by atoms with Crippen molar-refractivity contribution >= 4 is 5.91 Å². The molecule has 184 valence electrons. The second-order valence-corrected chi connectivity index (χ2v) is 7.56. The summed E-state index contributed by atoms with van der Waals surface area (Å²) in [5, 5.41) is 17.8. The van der Waals surface area contributed by atoms with E-state index in [1.807, 2.05) is 31.2 Å². The number of aliphatic hydroxyl groups excluding tert-OH is 1. The van der Waals surface area contributed by atoms with Gasteiger partial charge in [-0.3, -0.25) is 4.79 Å². The van der Waals surface area contributed by atoms with E-state index in [1.165, 1.54) is 18.2 Å². The number of carbonyl (C=O) groups excluding carboxylic acids is 1. The number of carbonyl (C=O) groups is 1. The van der Waals surface area contributed by atoms with Gasteiger partial charge in [0.25, 0.3) is 12.3 Å². The molecule has 0 aromatic heterocycles. The normalized spacial score (nSPS) is 15.7. The molecule has 0 spiro atoms. The predicted octanol–water partition coefficient (Wildman–Crippen LogP) is 2.55. The lowest BCUT2D eigenvalue weighted by atomic mass is 10.1. The van der Waals surface area contributed by atoms with Gasteiger partial charge >= 0.3 is 6.36 Å². The molecule has 1 unspecified atom stereocenters. The molecule has 1 amide bonds. The number of nitrogens with zero attached hydrogens (tertiary/aromatic N) is 1. The van der Waals surface area contributed by atoms with Gasteiger partial charge in [-0.1, -0.05) is 35.9 Å². The molecule has 1 atom stereocenters. The minimum Gasteiger partial charge on any atom is -0.452 e. The summed E-state index contributed by atoms with van der Waals surface area (Å²) in [6, 6.07) is 12.9. The number of alkyl halides is 3. The van der Waals surface area contributed by atoms with Gasteiger partial charge in [0.2, 0.25) is 0 Å². The van der Waals surface area contributed by atoms with E-state index in [0.29, 0.717) is 12.2 Å². The van der Waals surface area contributed by atoms with Gasteiger partial charge in [-0.05, 0) is 31.0 Å². The molecule has 1 heterocycles. The fourth-order valence-corrected chi connectivity index (χ4v) is 3.35. The predicted molar refractivity (Wildman–Crippen MR) is 118 cm³/mol. The zero-order valence-corrected chi connectivity index (χ0v) is 18.8. The summed E-state index contributed by atoms with van der Waals surface area (Å²) in [6.45, 7) is 2.45. The van der Waals surface area contributed by atoms with Crippen molar-refractivity contribution < 1.29 is 32.5 Å². The Balaban J connectivity index is 1.87. The average molecular weight is 480 g/mol. The Morgan fingerprint density at radius 1 is 1.18 bits per heavy atom. The maximum absolute atomic E-state index is 13.0. The van der Waals surface area contributed by atoms with Crippen LogP contribution in [0.25, 0.3) is 0 Å². The van der Waals surface area contributed by atoms with Crippen LogP contribution in [0.1, 0.15) is 17.5 Å². The first-order chi connectivity index (χ1) is 16.2. The van der Waals surface area contributed by atoms with Crippen LogP contribution in [-0.2, 0) is 11.3 Å². The number of ether oxygens (including phenoxy) is 2. The van der Waals surface area contributed by atoms with Crippen LogP contribution in [0.15, 0.2) is 60.0 Å². The Kier molecular flexibility index (Phi) is 8.11. The molecule has 1 aliphatic heterocycles. The molecule has 0 radical (unpaired) electrons. The Hall–Kier alpha value is -3.60. The van der Waals surface area contributed by atoms with Crippen molar-refractivity contribution in [3.05, 3.63) is 71.2 Å². The van der Waals surface area contributed by atoms with Crippen molar-refractivity contribution in [1.29, 1.82) is 0 Å². The maximum Gasteiger partial charge on any atom is 0.573 e. The van der Waals surface area contributed by atoms with Crippen molar-refractivity contribution in [3.8, 4) is 11.5 Å². The minimum absolute atomic E-state index is 0.0639. The number of nitrogens with one attached hydrogen (secondary N) is 3. The molecular weight excluding hydrogens is 453 g/mol. The van der Waals surface area contributed by atoms with Crippen molar-refractivity contribution in [3.63, 3.8) is 0 Å². The van der Waals surface area contributed by atoms with E-state index in [4.69, 9.17) is 9.84 Å². The Morgan fingerprint density at radius 2 is 1.88 bits per heavy atom. The molecular formula is C23H27F3N4O4. The molecule has 0 fully saturated rings. The van der Waals surface area contributed by atoms with E-state index < -0.39 is 24.4 Å². The van der Waals surface area contributed by atoms with Crippen molar-refractivity contribution in [2.24, 2.45) is 0 Å². The number of amides is 1. The smallest absolute Gasteiger partial charge is 0.452 e.